The number of fused-ring (bicyclic) bond motifs is 1. The Morgan fingerprint density at radius 3 is 2.90 bits per heavy atom. The minimum atomic E-state index is -0.203. The van der Waals surface area contributed by atoms with Gasteiger partial charge in [-0.25, -0.2) is 4.98 Å². The lowest BCUT2D eigenvalue weighted by Crippen LogP contribution is -2.28. The lowest BCUT2D eigenvalue weighted by atomic mass is 10.1. The molecule has 29 heavy (non-hydrogen) atoms. The topological polar surface area (TPSA) is 65.4 Å². The van der Waals surface area contributed by atoms with Crippen molar-refractivity contribution < 1.29 is 14.3 Å². The number of nitrogens with one attached hydrogen (secondary N) is 1. The highest BCUT2D eigenvalue weighted by molar-refractivity contribution is 6.32. The van der Waals surface area contributed by atoms with Crippen LogP contribution in [0.2, 0.25) is 5.02 Å². The highest BCUT2D eigenvalue weighted by Crippen LogP contribution is 2.25. The van der Waals surface area contributed by atoms with Gasteiger partial charge >= 0.3 is 0 Å². The predicted molar refractivity (Wildman–Crippen MR) is 113 cm³/mol. The van der Waals surface area contributed by atoms with Crippen LogP contribution in [0.1, 0.15) is 28.9 Å². The number of hydrogen-bond acceptors (Lipinski definition) is 4. The average molecular weight is 414 g/mol. The van der Waals surface area contributed by atoms with E-state index in [1.54, 1.807) is 6.07 Å². The summed E-state index contributed by atoms with van der Waals surface area (Å²) in [6.45, 7) is 4.63. The van der Waals surface area contributed by atoms with Gasteiger partial charge < -0.3 is 19.4 Å². The predicted octanol–water partition coefficient (Wildman–Crippen LogP) is 3.99. The van der Waals surface area contributed by atoms with Gasteiger partial charge in [-0.1, -0.05) is 29.8 Å². The molecular weight excluding hydrogens is 390 g/mol. The van der Waals surface area contributed by atoms with E-state index in [1.165, 1.54) is 22.8 Å². The van der Waals surface area contributed by atoms with E-state index in [0.717, 1.165) is 12.8 Å². The van der Waals surface area contributed by atoms with Crippen molar-refractivity contribution >= 4 is 28.4 Å². The van der Waals surface area contributed by atoms with Gasteiger partial charge in [-0.15, -0.1) is 0 Å². The third-order valence-electron chi connectivity index (χ3n) is 5.15. The Balaban J connectivity index is 1.35. The first-order valence-electron chi connectivity index (χ1n) is 9.85. The third-order valence-corrected chi connectivity index (χ3v) is 5.43. The zero-order valence-corrected chi connectivity index (χ0v) is 17.1. The van der Waals surface area contributed by atoms with Crippen LogP contribution in [0.4, 0.5) is 0 Å². The van der Waals surface area contributed by atoms with Crippen molar-refractivity contribution in [1.82, 2.24) is 14.9 Å². The van der Waals surface area contributed by atoms with E-state index in [0.29, 0.717) is 42.8 Å². The molecule has 152 valence electrons. The normalized spacial score (nSPS) is 14.8. The quantitative estimate of drug-likeness (QED) is 0.663. The molecule has 3 heterocycles. The van der Waals surface area contributed by atoms with Crippen molar-refractivity contribution in [1.29, 1.82) is 0 Å². The van der Waals surface area contributed by atoms with E-state index >= 15 is 0 Å². The average Bonchev–Trinajstić information content (AvgIpc) is 3.05. The van der Waals surface area contributed by atoms with Gasteiger partial charge in [0.05, 0.1) is 18.8 Å². The molecule has 6 nitrogen and oxygen atoms in total. The maximum absolute atomic E-state index is 12.5. The first kappa shape index (κ1) is 19.7. The fourth-order valence-electron chi connectivity index (χ4n) is 3.62. The molecule has 1 aromatic carbocycles. The number of ether oxygens (including phenoxy) is 2. The summed E-state index contributed by atoms with van der Waals surface area (Å²) in [6, 6.07) is 12.0. The summed E-state index contributed by atoms with van der Waals surface area (Å²) in [5.74, 6) is 0.163. The van der Waals surface area contributed by atoms with E-state index in [1.807, 2.05) is 12.1 Å². The summed E-state index contributed by atoms with van der Waals surface area (Å²) in [4.78, 5) is 16.7. The number of carbonyl (C=O) groups is 1. The second kappa shape index (κ2) is 8.84. The number of benzene rings is 1. The Bertz CT molecular complexity index is 1010. The molecule has 0 unspecified atom stereocenters. The molecule has 1 fully saturated rings. The van der Waals surface area contributed by atoms with Gasteiger partial charge in [0.1, 0.15) is 11.1 Å². The highest BCUT2D eigenvalue weighted by Gasteiger charge is 2.18. The molecule has 3 aromatic rings. The number of carbonyl (C=O) groups excluding carboxylic acids is 1. The zero-order chi connectivity index (χ0) is 20.2. The number of rotatable bonds is 6. The second-order valence-corrected chi connectivity index (χ2v) is 7.60. The Labute approximate surface area is 174 Å². The van der Waals surface area contributed by atoms with Crippen LogP contribution in [0.5, 0.6) is 5.88 Å². The first-order chi connectivity index (χ1) is 14.1. The van der Waals surface area contributed by atoms with E-state index in [-0.39, 0.29) is 12.0 Å². The molecule has 1 saturated heterocycles. The van der Waals surface area contributed by atoms with Crippen LogP contribution >= 0.6 is 11.6 Å². The molecule has 1 aliphatic heterocycles. The Hall–Kier alpha value is -2.57. The fourth-order valence-corrected chi connectivity index (χ4v) is 3.83. The summed E-state index contributed by atoms with van der Waals surface area (Å²) >= 11 is 6.29. The van der Waals surface area contributed by atoms with Crippen LogP contribution in [0.3, 0.4) is 0 Å². The van der Waals surface area contributed by atoms with E-state index in [4.69, 9.17) is 21.1 Å². The standard InChI is InChI=1S/C22H24ClN3O3/c1-15-12-16-4-2-3-5-20(16)26(15)9-8-24-21(27)17-13-19(23)22(25-14-17)29-18-6-10-28-11-7-18/h2-5,12-14,18H,6-11H2,1H3,(H,24,27). The molecule has 0 bridgehead atoms. The fraction of sp³-hybridized carbons (Fsp3) is 0.364. The largest absolute Gasteiger partial charge is 0.473 e. The van der Waals surface area contributed by atoms with Crippen LogP contribution in [0, 0.1) is 6.92 Å². The monoisotopic (exact) mass is 413 g/mol. The number of para-hydroxylation sites is 1. The van der Waals surface area contributed by atoms with Crippen LogP contribution in [-0.2, 0) is 11.3 Å². The van der Waals surface area contributed by atoms with Crippen molar-refractivity contribution in [2.45, 2.75) is 32.4 Å². The van der Waals surface area contributed by atoms with Gasteiger partial charge in [-0.05, 0) is 30.5 Å². The summed E-state index contributed by atoms with van der Waals surface area (Å²) in [6.07, 6.45) is 3.18. The van der Waals surface area contributed by atoms with Gasteiger partial charge in [-0.2, -0.15) is 0 Å². The summed E-state index contributed by atoms with van der Waals surface area (Å²) < 4.78 is 13.4. The maximum atomic E-state index is 12.5. The molecule has 0 spiro atoms. The number of aromatic nitrogens is 2. The minimum absolute atomic E-state index is 0.0491. The second-order valence-electron chi connectivity index (χ2n) is 7.19. The van der Waals surface area contributed by atoms with Crippen molar-refractivity contribution in [3.05, 3.63) is 58.9 Å². The van der Waals surface area contributed by atoms with Crippen molar-refractivity contribution in [2.24, 2.45) is 0 Å². The molecule has 0 aliphatic carbocycles. The summed E-state index contributed by atoms with van der Waals surface area (Å²) in [7, 11) is 0. The Morgan fingerprint density at radius 1 is 1.31 bits per heavy atom. The van der Waals surface area contributed by atoms with E-state index < -0.39 is 0 Å². The SMILES string of the molecule is Cc1cc2ccccc2n1CCNC(=O)c1cnc(OC2CCOCC2)c(Cl)c1. The lowest BCUT2D eigenvalue weighted by molar-refractivity contribution is 0.0238. The number of pyridine rings is 1. The van der Waals surface area contributed by atoms with Crippen molar-refractivity contribution in [2.75, 3.05) is 19.8 Å². The Morgan fingerprint density at radius 2 is 2.10 bits per heavy atom. The molecule has 0 saturated carbocycles. The van der Waals surface area contributed by atoms with Crippen molar-refractivity contribution in [3.8, 4) is 5.88 Å². The molecule has 1 amide bonds. The molecule has 1 N–H and O–H groups in total. The molecule has 0 radical (unpaired) electrons. The number of amides is 1. The third kappa shape index (κ3) is 4.54. The first-order valence-corrected chi connectivity index (χ1v) is 10.2. The summed E-state index contributed by atoms with van der Waals surface area (Å²) in [5.41, 5.74) is 2.75. The number of halogens is 1. The van der Waals surface area contributed by atoms with E-state index in [2.05, 4.69) is 40.0 Å². The van der Waals surface area contributed by atoms with E-state index in [9.17, 15) is 4.79 Å². The smallest absolute Gasteiger partial charge is 0.252 e. The number of nitrogens with zero attached hydrogens (tertiary/aromatic N) is 2. The van der Waals surface area contributed by atoms with Crippen LogP contribution in [-0.4, -0.2) is 41.3 Å². The van der Waals surface area contributed by atoms with Gasteiger partial charge in [0.15, 0.2) is 0 Å². The lowest BCUT2D eigenvalue weighted by Gasteiger charge is -2.23. The van der Waals surface area contributed by atoms with Crippen LogP contribution < -0.4 is 10.1 Å². The van der Waals surface area contributed by atoms with Gasteiger partial charge in [-0.3, -0.25) is 4.79 Å². The number of aryl methyl sites for hydroxylation is 1. The minimum Gasteiger partial charge on any atom is -0.473 e. The van der Waals surface area contributed by atoms with Gasteiger partial charge in [0.2, 0.25) is 5.88 Å². The molecule has 2 aromatic heterocycles. The molecule has 0 atom stereocenters. The van der Waals surface area contributed by atoms with Crippen LogP contribution in [0.25, 0.3) is 10.9 Å². The molecule has 7 heteroatoms. The molecule has 1 aliphatic rings. The number of hydrogen-bond donors (Lipinski definition) is 1. The molecular formula is C22H24ClN3O3. The highest BCUT2D eigenvalue weighted by atomic mass is 35.5. The van der Waals surface area contributed by atoms with Crippen molar-refractivity contribution in [3.63, 3.8) is 0 Å². The molecule has 4 rings (SSSR count). The van der Waals surface area contributed by atoms with Gasteiger partial charge in [0.25, 0.3) is 5.91 Å². The Kier molecular flexibility index (Phi) is 6.02. The summed E-state index contributed by atoms with van der Waals surface area (Å²) in [5, 5.41) is 4.49. The van der Waals surface area contributed by atoms with Crippen LogP contribution in [0.15, 0.2) is 42.6 Å². The maximum Gasteiger partial charge on any atom is 0.252 e. The van der Waals surface area contributed by atoms with Gasteiger partial charge in [0, 0.05) is 43.3 Å². The zero-order valence-electron chi connectivity index (χ0n) is 16.4.